The highest BCUT2D eigenvalue weighted by Gasteiger charge is 2.09. The van der Waals surface area contributed by atoms with Crippen molar-refractivity contribution in [3.05, 3.63) is 71.0 Å². The van der Waals surface area contributed by atoms with Crippen molar-refractivity contribution < 1.29 is 9.53 Å². The second kappa shape index (κ2) is 9.23. The standard InChI is InChI=1S/C21H21N3O3S/c1-3-27-17-9-7-15(8-10-17)19-11-12-21(26)24(23-19)14-20(25)22-16-5-4-6-18(13-16)28-2/h4-13H,3,14H2,1-2H3,(H,22,25). The molecular formula is C21H21N3O3S. The number of nitrogens with one attached hydrogen (secondary N) is 1. The summed E-state index contributed by atoms with van der Waals surface area (Å²) >= 11 is 1.59. The van der Waals surface area contributed by atoms with Crippen molar-refractivity contribution in [2.45, 2.75) is 18.4 Å². The number of ether oxygens (including phenoxy) is 1. The quantitative estimate of drug-likeness (QED) is 0.618. The van der Waals surface area contributed by atoms with Crippen LogP contribution in [0.15, 0.2) is 70.4 Å². The van der Waals surface area contributed by atoms with Crippen LogP contribution in [0.4, 0.5) is 5.69 Å². The summed E-state index contributed by atoms with van der Waals surface area (Å²) < 4.78 is 6.60. The van der Waals surface area contributed by atoms with Crippen LogP contribution in [0.2, 0.25) is 0 Å². The molecule has 0 atom stereocenters. The van der Waals surface area contributed by atoms with E-state index in [9.17, 15) is 9.59 Å². The van der Waals surface area contributed by atoms with Gasteiger partial charge in [0.1, 0.15) is 12.3 Å². The summed E-state index contributed by atoms with van der Waals surface area (Å²) in [6.07, 6.45) is 1.97. The molecule has 0 aliphatic carbocycles. The number of hydrogen-bond donors (Lipinski definition) is 1. The first-order valence-electron chi connectivity index (χ1n) is 8.84. The van der Waals surface area contributed by atoms with E-state index in [1.54, 1.807) is 17.8 Å². The Hall–Kier alpha value is -3.06. The molecule has 1 aromatic heterocycles. The van der Waals surface area contributed by atoms with Crippen molar-refractivity contribution in [2.24, 2.45) is 0 Å². The molecule has 0 saturated carbocycles. The van der Waals surface area contributed by atoms with Gasteiger partial charge in [0.15, 0.2) is 0 Å². The lowest BCUT2D eigenvalue weighted by Crippen LogP contribution is -2.29. The summed E-state index contributed by atoms with van der Waals surface area (Å²) in [5, 5.41) is 7.14. The van der Waals surface area contributed by atoms with Crippen LogP contribution in [0.3, 0.4) is 0 Å². The number of rotatable bonds is 7. The number of nitrogens with zero attached hydrogens (tertiary/aromatic N) is 2. The van der Waals surface area contributed by atoms with Gasteiger partial charge in [0.2, 0.25) is 5.91 Å². The maximum atomic E-state index is 12.4. The molecule has 1 heterocycles. The van der Waals surface area contributed by atoms with E-state index in [2.05, 4.69) is 10.4 Å². The number of hydrogen-bond acceptors (Lipinski definition) is 5. The fraction of sp³-hybridized carbons (Fsp3) is 0.190. The highest BCUT2D eigenvalue weighted by Crippen LogP contribution is 2.20. The first-order chi connectivity index (χ1) is 13.6. The van der Waals surface area contributed by atoms with Gasteiger partial charge in [-0.3, -0.25) is 9.59 Å². The Balaban J connectivity index is 1.75. The molecule has 2 aromatic carbocycles. The summed E-state index contributed by atoms with van der Waals surface area (Å²) in [7, 11) is 0. The molecule has 0 aliphatic heterocycles. The number of carbonyl (C=O) groups is 1. The molecule has 6 nitrogen and oxygen atoms in total. The molecule has 0 radical (unpaired) electrons. The zero-order valence-corrected chi connectivity index (χ0v) is 16.5. The molecule has 0 aliphatic rings. The highest BCUT2D eigenvalue weighted by molar-refractivity contribution is 7.98. The fourth-order valence-corrected chi connectivity index (χ4v) is 3.10. The number of carbonyl (C=O) groups excluding carboxylic acids is 1. The molecule has 144 valence electrons. The van der Waals surface area contributed by atoms with Crippen LogP contribution in [-0.2, 0) is 11.3 Å². The molecule has 0 bridgehead atoms. The van der Waals surface area contributed by atoms with Crippen LogP contribution in [-0.4, -0.2) is 28.6 Å². The van der Waals surface area contributed by atoms with Gasteiger partial charge in [0, 0.05) is 22.2 Å². The Morgan fingerprint density at radius 2 is 1.93 bits per heavy atom. The van der Waals surface area contributed by atoms with Crippen molar-refractivity contribution >= 4 is 23.4 Å². The molecule has 0 saturated heterocycles. The second-order valence-electron chi connectivity index (χ2n) is 5.95. The first-order valence-corrected chi connectivity index (χ1v) is 10.1. The van der Waals surface area contributed by atoms with Gasteiger partial charge in [-0.05, 0) is 61.7 Å². The molecule has 3 rings (SSSR count). The zero-order chi connectivity index (χ0) is 19.9. The first kappa shape index (κ1) is 19.7. The minimum absolute atomic E-state index is 0.160. The van der Waals surface area contributed by atoms with Crippen LogP contribution >= 0.6 is 11.8 Å². The van der Waals surface area contributed by atoms with Crippen LogP contribution in [0.1, 0.15) is 6.92 Å². The van der Waals surface area contributed by atoms with Crippen molar-refractivity contribution in [3.63, 3.8) is 0 Å². The molecule has 1 N–H and O–H groups in total. The van der Waals surface area contributed by atoms with Gasteiger partial charge < -0.3 is 10.1 Å². The van der Waals surface area contributed by atoms with E-state index >= 15 is 0 Å². The Kier molecular flexibility index (Phi) is 6.49. The minimum atomic E-state index is -0.331. The molecule has 28 heavy (non-hydrogen) atoms. The van der Waals surface area contributed by atoms with Crippen LogP contribution in [0.5, 0.6) is 5.75 Å². The molecule has 1 amide bonds. The van der Waals surface area contributed by atoms with Gasteiger partial charge in [-0.1, -0.05) is 6.07 Å². The third-order valence-corrected chi connectivity index (χ3v) is 4.70. The molecule has 0 spiro atoms. The number of thioether (sulfide) groups is 1. The average molecular weight is 395 g/mol. The summed E-state index contributed by atoms with van der Waals surface area (Å²) in [6, 6.07) is 18.0. The Bertz CT molecular complexity index is 1020. The number of anilines is 1. The van der Waals surface area contributed by atoms with E-state index in [0.717, 1.165) is 16.2 Å². The smallest absolute Gasteiger partial charge is 0.267 e. The van der Waals surface area contributed by atoms with E-state index < -0.39 is 0 Å². The maximum absolute atomic E-state index is 12.4. The lowest BCUT2D eigenvalue weighted by molar-refractivity contribution is -0.117. The number of aromatic nitrogens is 2. The Morgan fingerprint density at radius 3 is 2.64 bits per heavy atom. The molecule has 3 aromatic rings. The minimum Gasteiger partial charge on any atom is -0.494 e. The summed E-state index contributed by atoms with van der Waals surface area (Å²) in [5.74, 6) is 0.461. The normalized spacial score (nSPS) is 10.5. The van der Waals surface area contributed by atoms with Gasteiger partial charge in [-0.25, -0.2) is 4.68 Å². The fourth-order valence-electron chi connectivity index (χ4n) is 2.64. The summed E-state index contributed by atoms with van der Waals surface area (Å²) in [4.78, 5) is 25.5. The average Bonchev–Trinajstić information content (AvgIpc) is 2.70. The van der Waals surface area contributed by atoms with Crippen molar-refractivity contribution in [3.8, 4) is 17.0 Å². The van der Waals surface area contributed by atoms with Crippen LogP contribution < -0.4 is 15.6 Å². The summed E-state index contributed by atoms with van der Waals surface area (Å²) in [5.41, 5.74) is 1.81. The van der Waals surface area contributed by atoms with E-state index in [4.69, 9.17) is 4.74 Å². The predicted octanol–water partition coefficient (Wildman–Crippen LogP) is 3.67. The van der Waals surface area contributed by atoms with Gasteiger partial charge in [0.05, 0.1) is 12.3 Å². The molecular weight excluding hydrogens is 374 g/mol. The van der Waals surface area contributed by atoms with E-state index in [-0.39, 0.29) is 18.0 Å². The number of benzene rings is 2. The largest absolute Gasteiger partial charge is 0.494 e. The van der Waals surface area contributed by atoms with Crippen molar-refractivity contribution in [1.82, 2.24) is 9.78 Å². The van der Waals surface area contributed by atoms with Gasteiger partial charge in [0.25, 0.3) is 5.56 Å². The van der Waals surface area contributed by atoms with E-state index in [1.807, 2.05) is 61.7 Å². The zero-order valence-electron chi connectivity index (χ0n) is 15.7. The predicted molar refractivity (Wildman–Crippen MR) is 112 cm³/mol. The van der Waals surface area contributed by atoms with Crippen molar-refractivity contribution in [1.29, 1.82) is 0 Å². The highest BCUT2D eigenvalue weighted by atomic mass is 32.2. The second-order valence-corrected chi connectivity index (χ2v) is 6.83. The van der Waals surface area contributed by atoms with Crippen LogP contribution in [0.25, 0.3) is 11.3 Å². The molecule has 0 unspecified atom stereocenters. The SMILES string of the molecule is CCOc1ccc(-c2ccc(=O)n(CC(=O)Nc3cccc(SC)c3)n2)cc1. The Morgan fingerprint density at radius 1 is 1.14 bits per heavy atom. The Labute approximate surface area is 167 Å². The third kappa shape index (κ3) is 5.01. The number of amides is 1. The lowest BCUT2D eigenvalue weighted by Gasteiger charge is -2.09. The van der Waals surface area contributed by atoms with Gasteiger partial charge in [-0.15, -0.1) is 11.8 Å². The summed E-state index contributed by atoms with van der Waals surface area (Å²) in [6.45, 7) is 2.36. The molecule has 7 heteroatoms. The van der Waals surface area contributed by atoms with Gasteiger partial charge >= 0.3 is 0 Å². The van der Waals surface area contributed by atoms with Gasteiger partial charge in [-0.2, -0.15) is 5.10 Å². The van der Waals surface area contributed by atoms with Crippen molar-refractivity contribution in [2.75, 3.05) is 18.2 Å². The van der Waals surface area contributed by atoms with E-state index in [1.165, 1.54) is 10.7 Å². The van der Waals surface area contributed by atoms with Crippen LogP contribution in [0, 0.1) is 0 Å². The third-order valence-electron chi connectivity index (χ3n) is 3.97. The monoisotopic (exact) mass is 395 g/mol. The maximum Gasteiger partial charge on any atom is 0.267 e. The van der Waals surface area contributed by atoms with E-state index in [0.29, 0.717) is 18.0 Å². The topological polar surface area (TPSA) is 73.2 Å². The molecule has 0 fully saturated rings. The lowest BCUT2D eigenvalue weighted by atomic mass is 10.1.